The highest BCUT2D eigenvalue weighted by molar-refractivity contribution is 5.76. The SMILES string of the molecule is NC(=O)CN1CCN(CC=O)CCN(CC=O)CCN(CC(N)=O)CC1. The average Bonchev–Trinajstić information content (AvgIpc) is 2.56. The van der Waals surface area contributed by atoms with Crippen LogP contribution in [0, 0.1) is 0 Å². The second-order valence-electron chi connectivity index (χ2n) is 6.42. The van der Waals surface area contributed by atoms with E-state index in [1.807, 2.05) is 19.6 Å². The van der Waals surface area contributed by atoms with Crippen LogP contribution >= 0.6 is 0 Å². The minimum absolute atomic E-state index is 0.122. The molecule has 1 rings (SSSR count). The summed E-state index contributed by atoms with van der Waals surface area (Å²) < 4.78 is 0. The zero-order chi connectivity index (χ0) is 19.4. The predicted molar refractivity (Wildman–Crippen MR) is 96.3 cm³/mol. The second kappa shape index (κ2) is 12.5. The standard InChI is InChI=1S/C16H30N6O4/c17-15(25)13-21-5-3-19(9-11-23)1-2-20(10-12-24)4-6-22(8-7-21)14-16(18)26/h11-12H,1-10,13-14H2,(H2,17,25)(H2,18,26). The number of amides is 2. The van der Waals surface area contributed by atoms with Gasteiger partial charge in [0.2, 0.25) is 11.8 Å². The van der Waals surface area contributed by atoms with Gasteiger partial charge in [-0.1, -0.05) is 0 Å². The van der Waals surface area contributed by atoms with E-state index in [4.69, 9.17) is 11.5 Å². The predicted octanol–water partition coefficient (Wildman–Crippen LogP) is -3.42. The van der Waals surface area contributed by atoms with Crippen LogP contribution in [0.2, 0.25) is 0 Å². The van der Waals surface area contributed by atoms with Crippen molar-refractivity contribution in [1.82, 2.24) is 19.6 Å². The number of nitrogens with zero attached hydrogens (tertiary/aromatic N) is 4. The summed E-state index contributed by atoms with van der Waals surface area (Å²) in [7, 11) is 0. The molecule has 0 saturated carbocycles. The van der Waals surface area contributed by atoms with Crippen molar-refractivity contribution in [2.75, 3.05) is 78.5 Å². The van der Waals surface area contributed by atoms with Crippen molar-refractivity contribution >= 4 is 24.4 Å². The largest absolute Gasteiger partial charge is 0.369 e. The van der Waals surface area contributed by atoms with Crippen LogP contribution in [0.25, 0.3) is 0 Å². The summed E-state index contributed by atoms with van der Waals surface area (Å²) in [4.78, 5) is 52.2. The lowest BCUT2D eigenvalue weighted by Crippen LogP contribution is -2.49. The molecule has 10 heteroatoms. The minimum Gasteiger partial charge on any atom is -0.369 e. The molecule has 0 atom stereocenters. The van der Waals surface area contributed by atoms with Crippen LogP contribution < -0.4 is 11.5 Å². The summed E-state index contributed by atoms with van der Waals surface area (Å²) in [6.07, 6.45) is 1.70. The molecule has 0 aromatic rings. The van der Waals surface area contributed by atoms with Gasteiger partial charge in [-0.3, -0.25) is 29.2 Å². The van der Waals surface area contributed by atoms with Gasteiger partial charge >= 0.3 is 0 Å². The third-order valence-corrected chi connectivity index (χ3v) is 4.35. The smallest absolute Gasteiger partial charge is 0.231 e. The Kier molecular flexibility index (Phi) is 10.6. The first-order chi connectivity index (χ1) is 12.4. The zero-order valence-electron chi connectivity index (χ0n) is 15.2. The van der Waals surface area contributed by atoms with Crippen LogP contribution in [-0.4, -0.2) is 123 Å². The molecular weight excluding hydrogens is 340 g/mol. The van der Waals surface area contributed by atoms with E-state index < -0.39 is 11.8 Å². The quantitative estimate of drug-likeness (QED) is 0.422. The molecular formula is C16H30N6O4. The van der Waals surface area contributed by atoms with E-state index in [0.717, 1.165) is 12.6 Å². The maximum Gasteiger partial charge on any atom is 0.231 e. The van der Waals surface area contributed by atoms with Crippen molar-refractivity contribution in [3.05, 3.63) is 0 Å². The Labute approximate surface area is 154 Å². The molecule has 0 aromatic carbocycles. The number of carbonyl (C=O) groups excluding carboxylic acids is 4. The summed E-state index contributed by atoms with van der Waals surface area (Å²) in [6.45, 7) is 5.59. The molecule has 10 nitrogen and oxygen atoms in total. The Morgan fingerprint density at radius 1 is 0.615 bits per heavy atom. The Balaban J connectivity index is 2.82. The molecule has 1 aliphatic heterocycles. The lowest BCUT2D eigenvalue weighted by molar-refractivity contribution is -0.120. The number of hydrogen-bond acceptors (Lipinski definition) is 8. The summed E-state index contributed by atoms with van der Waals surface area (Å²) in [6, 6.07) is 0. The highest BCUT2D eigenvalue weighted by atomic mass is 16.2. The molecule has 1 saturated heterocycles. The van der Waals surface area contributed by atoms with Crippen LogP contribution in [0.15, 0.2) is 0 Å². The van der Waals surface area contributed by atoms with Crippen molar-refractivity contribution < 1.29 is 19.2 Å². The van der Waals surface area contributed by atoms with E-state index >= 15 is 0 Å². The van der Waals surface area contributed by atoms with Gasteiger partial charge < -0.3 is 21.1 Å². The Morgan fingerprint density at radius 2 is 0.885 bits per heavy atom. The third kappa shape index (κ3) is 9.56. The van der Waals surface area contributed by atoms with E-state index in [2.05, 4.69) is 0 Å². The van der Waals surface area contributed by atoms with E-state index in [-0.39, 0.29) is 13.1 Å². The third-order valence-electron chi connectivity index (χ3n) is 4.35. The topological polar surface area (TPSA) is 133 Å². The van der Waals surface area contributed by atoms with Crippen LogP contribution in [-0.2, 0) is 19.2 Å². The number of aldehydes is 2. The van der Waals surface area contributed by atoms with E-state index in [9.17, 15) is 19.2 Å². The summed E-state index contributed by atoms with van der Waals surface area (Å²) in [5, 5.41) is 0. The first kappa shape index (κ1) is 22.2. The van der Waals surface area contributed by atoms with Gasteiger partial charge in [-0.15, -0.1) is 0 Å². The number of primary amides is 2. The molecule has 0 spiro atoms. The molecule has 1 aliphatic rings. The van der Waals surface area contributed by atoms with Gasteiger partial charge in [0.25, 0.3) is 0 Å². The van der Waals surface area contributed by atoms with Gasteiger partial charge in [0.05, 0.1) is 26.2 Å². The molecule has 0 unspecified atom stereocenters. The first-order valence-electron chi connectivity index (χ1n) is 8.78. The number of hydrogen-bond donors (Lipinski definition) is 2. The fourth-order valence-electron chi connectivity index (χ4n) is 2.91. The monoisotopic (exact) mass is 370 g/mol. The summed E-state index contributed by atoms with van der Waals surface area (Å²) >= 11 is 0. The molecule has 0 radical (unpaired) electrons. The van der Waals surface area contributed by atoms with E-state index in [1.54, 1.807) is 0 Å². The molecule has 1 heterocycles. The zero-order valence-corrected chi connectivity index (χ0v) is 15.2. The molecule has 148 valence electrons. The first-order valence-corrected chi connectivity index (χ1v) is 8.78. The van der Waals surface area contributed by atoms with Gasteiger partial charge in [0.15, 0.2) is 0 Å². The number of carbonyl (C=O) groups is 4. The van der Waals surface area contributed by atoms with Gasteiger partial charge in [-0.2, -0.15) is 0 Å². The highest BCUT2D eigenvalue weighted by Gasteiger charge is 2.18. The average molecular weight is 370 g/mol. The van der Waals surface area contributed by atoms with E-state index in [1.165, 1.54) is 0 Å². The van der Waals surface area contributed by atoms with Crippen molar-refractivity contribution in [3.63, 3.8) is 0 Å². The Bertz CT molecular complexity index is 434. The molecule has 26 heavy (non-hydrogen) atoms. The van der Waals surface area contributed by atoms with E-state index in [0.29, 0.717) is 65.4 Å². The number of rotatable bonds is 8. The maximum absolute atomic E-state index is 11.3. The number of nitrogens with two attached hydrogens (primary N) is 2. The molecule has 4 N–H and O–H groups in total. The van der Waals surface area contributed by atoms with Gasteiger partial charge in [0.1, 0.15) is 12.6 Å². The van der Waals surface area contributed by atoms with Crippen LogP contribution in [0.5, 0.6) is 0 Å². The van der Waals surface area contributed by atoms with Crippen molar-refractivity contribution in [2.24, 2.45) is 11.5 Å². The molecule has 0 aliphatic carbocycles. The maximum atomic E-state index is 11.3. The summed E-state index contributed by atoms with van der Waals surface area (Å²) in [5.41, 5.74) is 10.6. The lowest BCUT2D eigenvalue weighted by Gasteiger charge is -2.32. The van der Waals surface area contributed by atoms with Crippen molar-refractivity contribution in [2.45, 2.75) is 0 Å². The minimum atomic E-state index is -0.419. The highest BCUT2D eigenvalue weighted by Crippen LogP contribution is 2.00. The summed E-state index contributed by atoms with van der Waals surface area (Å²) in [5.74, 6) is -0.838. The fraction of sp³-hybridized carbons (Fsp3) is 0.750. The molecule has 0 bridgehead atoms. The molecule has 2 amide bonds. The van der Waals surface area contributed by atoms with Crippen molar-refractivity contribution in [1.29, 1.82) is 0 Å². The lowest BCUT2D eigenvalue weighted by atomic mass is 10.3. The van der Waals surface area contributed by atoms with Gasteiger partial charge in [0, 0.05) is 52.4 Å². The fourth-order valence-corrected chi connectivity index (χ4v) is 2.91. The van der Waals surface area contributed by atoms with Crippen LogP contribution in [0.4, 0.5) is 0 Å². The molecule has 1 fully saturated rings. The van der Waals surface area contributed by atoms with Crippen molar-refractivity contribution in [3.8, 4) is 0 Å². The molecule has 0 aromatic heterocycles. The van der Waals surface area contributed by atoms with Crippen LogP contribution in [0.1, 0.15) is 0 Å². The second-order valence-corrected chi connectivity index (χ2v) is 6.42. The van der Waals surface area contributed by atoms with Gasteiger partial charge in [-0.05, 0) is 0 Å². The Morgan fingerprint density at radius 3 is 1.12 bits per heavy atom. The van der Waals surface area contributed by atoms with Gasteiger partial charge in [-0.25, -0.2) is 0 Å². The normalized spacial score (nSPS) is 20.0. The van der Waals surface area contributed by atoms with Crippen LogP contribution in [0.3, 0.4) is 0 Å². The Hall–Kier alpha value is -1.88.